The Morgan fingerprint density at radius 3 is 2.69 bits per heavy atom. The van der Waals surface area contributed by atoms with Gasteiger partial charge in [-0.2, -0.15) is 4.68 Å². The number of rotatable bonds is 4. The molecule has 0 bridgehead atoms. The summed E-state index contributed by atoms with van der Waals surface area (Å²) in [5.74, 6) is 0.823. The Balaban J connectivity index is 1.48. The molecule has 154 valence electrons. The Bertz CT molecular complexity index is 923. The number of halogens is 1. The molecule has 1 N–H and O–H groups in total. The third-order valence-corrected chi connectivity index (χ3v) is 6.14. The highest BCUT2D eigenvalue weighted by Crippen LogP contribution is 2.23. The average Bonchev–Trinajstić information content (AvgIpc) is 2.75. The van der Waals surface area contributed by atoms with Gasteiger partial charge in [-0.15, -0.1) is 5.10 Å². The molecule has 1 saturated heterocycles. The molecule has 2 aliphatic rings. The van der Waals surface area contributed by atoms with Gasteiger partial charge in [0.15, 0.2) is 0 Å². The summed E-state index contributed by atoms with van der Waals surface area (Å²) in [5.41, 5.74) is 0.424. The lowest BCUT2D eigenvalue weighted by Gasteiger charge is -2.34. The first-order valence-electron chi connectivity index (χ1n) is 10.5. The van der Waals surface area contributed by atoms with Crippen LogP contribution in [-0.4, -0.2) is 34.8 Å². The van der Waals surface area contributed by atoms with Crippen molar-refractivity contribution in [2.75, 3.05) is 18.0 Å². The van der Waals surface area contributed by atoms with Crippen molar-refractivity contribution in [1.82, 2.24) is 15.1 Å². The summed E-state index contributed by atoms with van der Waals surface area (Å²) in [6.45, 7) is 1.45. The molecule has 1 aliphatic carbocycles. The van der Waals surface area contributed by atoms with Crippen molar-refractivity contribution in [1.29, 1.82) is 0 Å². The predicted octanol–water partition coefficient (Wildman–Crippen LogP) is 3.55. The van der Waals surface area contributed by atoms with Crippen LogP contribution in [0, 0.1) is 5.92 Å². The molecule has 1 aliphatic heterocycles. The molecule has 6 nitrogen and oxygen atoms in total. The van der Waals surface area contributed by atoms with Gasteiger partial charge in [0.2, 0.25) is 5.91 Å². The highest BCUT2D eigenvalue weighted by atomic mass is 35.5. The second-order valence-corrected chi connectivity index (χ2v) is 8.49. The molecule has 1 aromatic carbocycles. The zero-order chi connectivity index (χ0) is 20.2. The lowest BCUT2D eigenvalue weighted by atomic mass is 9.93. The summed E-state index contributed by atoms with van der Waals surface area (Å²) in [5, 5.41) is 8.37. The monoisotopic (exact) mass is 414 g/mol. The normalized spacial score (nSPS) is 20.4. The topological polar surface area (TPSA) is 67.2 Å². The predicted molar refractivity (Wildman–Crippen MR) is 115 cm³/mol. The molecule has 0 radical (unpaired) electrons. The van der Waals surface area contributed by atoms with Crippen molar-refractivity contribution in [3.05, 3.63) is 51.8 Å². The Hall–Kier alpha value is -2.34. The Labute approximate surface area is 175 Å². The van der Waals surface area contributed by atoms with Crippen molar-refractivity contribution in [3.63, 3.8) is 0 Å². The molecule has 1 aromatic heterocycles. The molecule has 2 heterocycles. The number of hydrogen-bond donors (Lipinski definition) is 1. The number of carbonyl (C=O) groups excluding carboxylic acids is 1. The van der Waals surface area contributed by atoms with Gasteiger partial charge < -0.3 is 10.2 Å². The average molecular weight is 415 g/mol. The Morgan fingerprint density at radius 1 is 1.07 bits per heavy atom. The van der Waals surface area contributed by atoms with Gasteiger partial charge in [-0.3, -0.25) is 9.59 Å². The lowest BCUT2D eigenvalue weighted by Crippen LogP contribution is -2.46. The molecule has 1 saturated carbocycles. The van der Waals surface area contributed by atoms with Crippen LogP contribution in [0.5, 0.6) is 0 Å². The largest absolute Gasteiger partial charge is 0.354 e. The minimum absolute atomic E-state index is 0.0426. The Morgan fingerprint density at radius 2 is 1.90 bits per heavy atom. The van der Waals surface area contributed by atoms with Gasteiger partial charge in [-0.05, 0) is 49.9 Å². The Kier molecular flexibility index (Phi) is 6.19. The summed E-state index contributed by atoms with van der Waals surface area (Å²) in [4.78, 5) is 27.2. The number of nitrogens with zero attached hydrogens (tertiary/aromatic N) is 3. The number of carbonyl (C=O) groups is 1. The first-order valence-corrected chi connectivity index (χ1v) is 10.9. The summed E-state index contributed by atoms with van der Waals surface area (Å²) < 4.78 is 1.37. The van der Waals surface area contributed by atoms with E-state index in [-0.39, 0.29) is 17.4 Å². The van der Waals surface area contributed by atoms with Crippen LogP contribution >= 0.6 is 11.6 Å². The van der Waals surface area contributed by atoms with E-state index in [4.69, 9.17) is 11.6 Å². The zero-order valence-electron chi connectivity index (χ0n) is 16.5. The van der Waals surface area contributed by atoms with Crippen molar-refractivity contribution >= 4 is 23.3 Å². The van der Waals surface area contributed by atoms with Crippen LogP contribution in [0.3, 0.4) is 0 Å². The molecule has 2 fully saturated rings. The molecule has 1 amide bonds. The van der Waals surface area contributed by atoms with Gasteiger partial charge in [-0.1, -0.05) is 36.9 Å². The lowest BCUT2D eigenvalue weighted by molar-refractivity contribution is -0.126. The smallest absolute Gasteiger partial charge is 0.271 e. The van der Waals surface area contributed by atoms with Crippen molar-refractivity contribution < 1.29 is 4.79 Å². The maximum Gasteiger partial charge on any atom is 0.271 e. The van der Waals surface area contributed by atoms with Gasteiger partial charge in [0, 0.05) is 30.2 Å². The van der Waals surface area contributed by atoms with Gasteiger partial charge in [-0.25, -0.2) is 0 Å². The zero-order valence-corrected chi connectivity index (χ0v) is 17.3. The maximum absolute atomic E-state index is 12.8. The minimum Gasteiger partial charge on any atom is -0.354 e. The molecule has 0 spiro atoms. The fourth-order valence-electron chi connectivity index (χ4n) is 4.33. The number of aromatic nitrogens is 2. The standard InChI is InChI=1S/C22H27ClN4O2/c23-17-7-4-10-19(14-17)27-21(28)12-11-20(25-27)26-13-5-6-16(15-26)22(29)24-18-8-2-1-3-9-18/h4,7,10-12,14,16,18H,1-3,5-6,8-9,13,15H2,(H,24,29)/t16-/m1/s1. The van der Waals surface area contributed by atoms with Gasteiger partial charge >= 0.3 is 0 Å². The summed E-state index contributed by atoms with van der Waals surface area (Å²) in [6, 6.07) is 10.7. The van der Waals surface area contributed by atoms with E-state index in [2.05, 4.69) is 15.3 Å². The number of nitrogens with one attached hydrogen (secondary N) is 1. The van der Waals surface area contributed by atoms with E-state index in [1.165, 1.54) is 30.0 Å². The summed E-state index contributed by atoms with van der Waals surface area (Å²) in [7, 11) is 0. The molecular formula is C22H27ClN4O2. The fourth-order valence-corrected chi connectivity index (χ4v) is 4.51. The fraction of sp³-hybridized carbons (Fsp3) is 0.500. The molecule has 4 rings (SSSR count). The van der Waals surface area contributed by atoms with Crippen LogP contribution in [0.1, 0.15) is 44.9 Å². The summed E-state index contributed by atoms with van der Waals surface area (Å²) in [6.07, 6.45) is 7.69. The molecule has 2 aromatic rings. The second-order valence-electron chi connectivity index (χ2n) is 8.05. The molecule has 0 unspecified atom stereocenters. The number of anilines is 1. The van der Waals surface area contributed by atoms with Gasteiger partial charge in [0.05, 0.1) is 11.6 Å². The van der Waals surface area contributed by atoms with Crippen molar-refractivity contribution in [2.45, 2.75) is 51.0 Å². The molecule has 1 atom stereocenters. The maximum atomic E-state index is 12.8. The van der Waals surface area contributed by atoms with E-state index in [1.54, 1.807) is 30.3 Å². The third kappa shape index (κ3) is 4.81. The quantitative estimate of drug-likeness (QED) is 0.830. The molecular weight excluding hydrogens is 388 g/mol. The highest BCUT2D eigenvalue weighted by molar-refractivity contribution is 6.30. The van der Waals surface area contributed by atoms with Crippen molar-refractivity contribution in [3.8, 4) is 5.69 Å². The van der Waals surface area contributed by atoms with Crippen LogP contribution in [0.15, 0.2) is 41.2 Å². The van der Waals surface area contributed by atoms with E-state index in [0.29, 0.717) is 29.1 Å². The number of piperidine rings is 1. The van der Waals surface area contributed by atoms with E-state index in [0.717, 1.165) is 32.2 Å². The first kappa shape index (κ1) is 20.0. The van der Waals surface area contributed by atoms with E-state index in [1.807, 2.05) is 0 Å². The highest BCUT2D eigenvalue weighted by Gasteiger charge is 2.28. The van der Waals surface area contributed by atoms with Crippen LogP contribution in [0.4, 0.5) is 5.82 Å². The van der Waals surface area contributed by atoms with Gasteiger partial charge in [0.25, 0.3) is 5.56 Å². The van der Waals surface area contributed by atoms with E-state index in [9.17, 15) is 9.59 Å². The van der Waals surface area contributed by atoms with Crippen LogP contribution in [0.25, 0.3) is 5.69 Å². The van der Waals surface area contributed by atoms with Gasteiger partial charge in [0.1, 0.15) is 5.82 Å². The van der Waals surface area contributed by atoms with Crippen LogP contribution in [-0.2, 0) is 4.79 Å². The van der Waals surface area contributed by atoms with Crippen LogP contribution < -0.4 is 15.8 Å². The SMILES string of the molecule is O=C(NC1CCCCC1)[C@@H]1CCCN(c2ccc(=O)n(-c3cccc(Cl)c3)n2)C1. The number of amides is 1. The van der Waals surface area contributed by atoms with Crippen molar-refractivity contribution in [2.24, 2.45) is 5.92 Å². The second kappa shape index (κ2) is 8.99. The van der Waals surface area contributed by atoms with E-state index >= 15 is 0 Å². The molecule has 7 heteroatoms. The minimum atomic E-state index is -0.209. The molecule has 29 heavy (non-hydrogen) atoms. The first-order chi connectivity index (χ1) is 14.1. The van der Waals surface area contributed by atoms with E-state index < -0.39 is 0 Å². The third-order valence-electron chi connectivity index (χ3n) is 5.91. The number of hydrogen-bond acceptors (Lipinski definition) is 4. The van der Waals surface area contributed by atoms with Crippen LogP contribution in [0.2, 0.25) is 5.02 Å². The number of benzene rings is 1. The summed E-state index contributed by atoms with van der Waals surface area (Å²) >= 11 is 6.07.